The highest BCUT2D eigenvalue weighted by atomic mass is 127. The summed E-state index contributed by atoms with van der Waals surface area (Å²) in [6.45, 7) is 2.48. The number of amides is 1. The number of nitrogens with zero attached hydrogens (tertiary/aromatic N) is 4. The van der Waals surface area contributed by atoms with E-state index in [9.17, 15) is 4.79 Å². The summed E-state index contributed by atoms with van der Waals surface area (Å²) in [5.41, 5.74) is 4.19. The van der Waals surface area contributed by atoms with Gasteiger partial charge in [-0.05, 0) is 23.3 Å². The Morgan fingerprint density at radius 2 is 1.93 bits per heavy atom. The molecule has 0 saturated carbocycles. The molecular weight excluding hydrogens is 477 g/mol. The van der Waals surface area contributed by atoms with Gasteiger partial charge >= 0.3 is 0 Å². The van der Waals surface area contributed by atoms with Crippen LogP contribution >= 0.6 is 21.3 Å². The molecule has 1 amide bonds. The van der Waals surface area contributed by atoms with Crippen molar-refractivity contribution in [3.05, 3.63) is 83.2 Å². The molecule has 1 heterocycles. The molecule has 29 heavy (non-hydrogen) atoms. The molecule has 0 fully saturated rings. The van der Waals surface area contributed by atoms with E-state index in [0.29, 0.717) is 25.2 Å². The highest BCUT2D eigenvalue weighted by Gasteiger charge is 2.16. The van der Waals surface area contributed by atoms with E-state index in [-0.39, 0.29) is 5.91 Å². The van der Waals surface area contributed by atoms with E-state index in [2.05, 4.69) is 17.6 Å². The van der Waals surface area contributed by atoms with Crippen molar-refractivity contribution in [3.63, 3.8) is 0 Å². The lowest BCUT2D eigenvalue weighted by molar-refractivity contribution is -0.128. The summed E-state index contributed by atoms with van der Waals surface area (Å²) in [6.07, 6.45) is 2.74. The summed E-state index contributed by atoms with van der Waals surface area (Å²) in [5, 5.41) is 12.1. The van der Waals surface area contributed by atoms with Gasteiger partial charge in [-0.1, -0.05) is 42.5 Å². The zero-order valence-electron chi connectivity index (χ0n) is 16.4. The second-order valence-corrected chi connectivity index (χ2v) is 8.93. The third-order valence-electron chi connectivity index (χ3n) is 4.63. The van der Waals surface area contributed by atoms with Crippen LogP contribution in [0.3, 0.4) is 0 Å². The van der Waals surface area contributed by atoms with Crippen LogP contribution in [0.2, 0.25) is 0 Å². The molecule has 2 aromatic rings. The topological polar surface area (TPSA) is 71.7 Å². The molecule has 0 spiro atoms. The highest BCUT2D eigenvalue weighted by Crippen LogP contribution is 2.30. The predicted molar refractivity (Wildman–Crippen MR) is 122 cm³/mol. The predicted octanol–water partition coefficient (Wildman–Crippen LogP) is 3.92. The number of hydrogen-bond donors (Lipinski definition) is 1. The lowest BCUT2D eigenvalue weighted by atomic mass is 10.1. The van der Waals surface area contributed by atoms with Crippen molar-refractivity contribution < 1.29 is 4.79 Å². The molecular formula is C22H24IN5O. The molecule has 1 aliphatic rings. The first kappa shape index (κ1) is 21.1. The first-order valence-corrected chi connectivity index (χ1v) is 11.4. The molecule has 0 unspecified atom stereocenters. The number of hydrogen-bond acceptors (Lipinski definition) is 5. The van der Waals surface area contributed by atoms with Crippen molar-refractivity contribution in [2.45, 2.75) is 19.5 Å². The molecule has 0 saturated heterocycles. The quantitative estimate of drug-likeness (QED) is 0.418. The average molecular weight is 501 g/mol. The molecule has 150 valence electrons. The zero-order chi connectivity index (χ0) is 20.5. The Kier molecular flexibility index (Phi) is 7.90. The fourth-order valence-electron chi connectivity index (χ4n) is 2.85. The molecule has 3 rings (SSSR count). The molecule has 0 aliphatic carbocycles. The average Bonchev–Trinajstić information content (AvgIpc) is 3.20. The first-order valence-electron chi connectivity index (χ1n) is 9.44. The summed E-state index contributed by atoms with van der Waals surface area (Å²) in [5.74, 6) is 0.0878. The fourth-order valence-corrected chi connectivity index (χ4v) is 4.79. The normalized spacial score (nSPS) is 12.8. The van der Waals surface area contributed by atoms with Gasteiger partial charge in [0.25, 0.3) is 0 Å². The van der Waals surface area contributed by atoms with Crippen molar-refractivity contribution in [2.24, 2.45) is 3.15 Å². The van der Waals surface area contributed by atoms with E-state index in [1.54, 1.807) is 4.90 Å². The zero-order valence-corrected chi connectivity index (χ0v) is 18.5. The van der Waals surface area contributed by atoms with Crippen LogP contribution in [-0.4, -0.2) is 34.1 Å². The minimum Gasteiger partial charge on any atom is -0.344 e. The van der Waals surface area contributed by atoms with Gasteiger partial charge in [0.2, 0.25) is 5.91 Å². The lowest BCUT2D eigenvalue weighted by Gasteiger charge is -2.22. The fraction of sp³-hybridized carbons (Fsp3) is 0.273. The van der Waals surface area contributed by atoms with Crippen LogP contribution in [0, 0.1) is 11.3 Å². The monoisotopic (exact) mass is 501 g/mol. The molecule has 1 aliphatic heterocycles. The van der Waals surface area contributed by atoms with Gasteiger partial charge in [0, 0.05) is 32.3 Å². The van der Waals surface area contributed by atoms with E-state index in [0.717, 1.165) is 13.0 Å². The standard InChI is InChI=1S/C22H24IN5O/c1-27(22(29)16-25-14-19-5-3-2-4-6-19)12-11-21-15-26-23-28(21)17-20-9-7-18(13-24)8-10-20/h2-10,15,25H,11-12,14,16-17H2,1H3. The minimum absolute atomic E-state index is 0.0878. The Morgan fingerprint density at radius 3 is 2.66 bits per heavy atom. The Balaban J connectivity index is 1.42. The van der Waals surface area contributed by atoms with Crippen LogP contribution in [0.1, 0.15) is 23.1 Å². The SMILES string of the molecule is CN(CCC1=CN=IN1Cc1ccc(C#N)cc1)C(=O)CNCc1ccccc1. The summed E-state index contributed by atoms with van der Waals surface area (Å²) in [4.78, 5) is 14.1. The van der Waals surface area contributed by atoms with E-state index in [1.165, 1.54) is 16.8 Å². The maximum absolute atomic E-state index is 12.4. The Hall–Kier alpha value is -2.57. The molecule has 2 aromatic carbocycles. The molecule has 0 bridgehead atoms. The summed E-state index contributed by atoms with van der Waals surface area (Å²) in [7, 11) is 1.85. The van der Waals surface area contributed by atoms with Gasteiger partial charge in [-0.2, -0.15) is 5.26 Å². The van der Waals surface area contributed by atoms with Crippen LogP contribution in [-0.2, 0) is 17.9 Å². The number of carbonyl (C=O) groups is 1. The third-order valence-corrected chi connectivity index (χ3v) is 6.64. The second kappa shape index (κ2) is 10.8. The number of halogens is 1. The number of likely N-dealkylation sites (N-methyl/N-ethyl adjacent to an activating group) is 1. The minimum atomic E-state index is -0.401. The van der Waals surface area contributed by atoms with Crippen molar-refractivity contribution in [1.29, 1.82) is 5.26 Å². The molecule has 1 N–H and O–H groups in total. The first-order chi connectivity index (χ1) is 14.2. The van der Waals surface area contributed by atoms with Crippen LogP contribution in [0.25, 0.3) is 0 Å². The van der Waals surface area contributed by atoms with Gasteiger partial charge in [-0.25, -0.2) is 3.15 Å². The number of carbonyl (C=O) groups excluding carboxylic acids is 1. The Labute approximate surface area is 182 Å². The Morgan fingerprint density at radius 1 is 1.17 bits per heavy atom. The Bertz CT molecular complexity index is 918. The maximum Gasteiger partial charge on any atom is 0.236 e. The van der Waals surface area contributed by atoms with Gasteiger partial charge in [0.15, 0.2) is 0 Å². The van der Waals surface area contributed by atoms with Crippen molar-refractivity contribution in [3.8, 4) is 6.07 Å². The van der Waals surface area contributed by atoms with Gasteiger partial charge in [0.1, 0.15) is 21.3 Å². The van der Waals surface area contributed by atoms with Crippen LogP contribution in [0.4, 0.5) is 0 Å². The van der Waals surface area contributed by atoms with Crippen molar-refractivity contribution in [2.75, 3.05) is 20.1 Å². The second-order valence-electron chi connectivity index (χ2n) is 6.78. The van der Waals surface area contributed by atoms with E-state index in [4.69, 9.17) is 5.26 Å². The highest BCUT2D eigenvalue weighted by molar-refractivity contribution is 14.1. The van der Waals surface area contributed by atoms with Crippen LogP contribution in [0.5, 0.6) is 0 Å². The maximum atomic E-state index is 12.4. The van der Waals surface area contributed by atoms with Crippen molar-refractivity contribution in [1.82, 2.24) is 13.3 Å². The van der Waals surface area contributed by atoms with Crippen LogP contribution in [0.15, 0.2) is 69.6 Å². The molecule has 0 aromatic heterocycles. The van der Waals surface area contributed by atoms with Gasteiger partial charge in [-0.15, -0.1) is 0 Å². The van der Waals surface area contributed by atoms with Gasteiger partial charge in [0.05, 0.1) is 30.9 Å². The van der Waals surface area contributed by atoms with Crippen molar-refractivity contribution >= 4 is 27.2 Å². The summed E-state index contributed by atoms with van der Waals surface area (Å²) in [6, 6.07) is 19.9. The van der Waals surface area contributed by atoms with E-state index >= 15 is 0 Å². The number of rotatable bonds is 9. The third kappa shape index (κ3) is 6.48. The smallest absolute Gasteiger partial charge is 0.236 e. The van der Waals surface area contributed by atoms with Crippen LogP contribution < -0.4 is 5.32 Å². The number of nitriles is 1. The van der Waals surface area contributed by atoms with Gasteiger partial charge in [-0.3, -0.25) is 4.79 Å². The molecule has 7 heteroatoms. The van der Waals surface area contributed by atoms with E-state index < -0.39 is 21.3 Å². The summed E-state index contributed by atoms with van der Waals surface area (Å²) < 4.78 is 6.80. The molecule has 6 nitrogen and oxygen atoms in total. The number of benzene rings is 2. The molecule has 0 radical (unpaired) electrons. The largest absolute Gasteiger partial charge is 0.344 e. The summed E-state index contributed by atoms with van der Waals surface area (Å²) >= 11 is -0.401. The van der Waals surface area contributed by atoms with Gasteiger partial charge < -0.3 is 13.3 Å². The molecule has 0 atom stereocenters. The lowest BCUT2D eigenvalue weighted by Crippen LogP contribution is -2.36. The van der Waals surface area contributed by atoms with E-state index in [1.807, 2.05) is 67.8 Å². The number of nitrogens with one attached hydrogen (secondary N) is 1.